The number of carbonyl (C=O) groups excluding carboxylic acids is 1. The Bertz CT molecular complexity index is 755. The van der Waals surface area contributed by atoms with Gasteiger partial charge in [0, 0.05) is 29.1 Å². The molecular formula is C19H25N3O. The molecule has 2 aromatic rings. The van der Waals surface area contributed by atoms with Gasteiger partial charge in [-0.05, 0) is 74.9 Å². The molecule has 4 nitrogen and oxygen atoms in total. The normalized spacial score (nSPS) is 22.4. The van der Waals surface area contributed by atoms with Crippen molar-refractivity contribution in [1.82, 2.24) is 15.6 Å². The second-order valence-corrected chi connectivity index (χ2v) is 7.34. The molecule has 1 amide bonds. The number of hydrogen-bond donors (Lipinski definition) is 3. The molecule has 1 spiro atoms. The van der Waals surface area contributed by atoms with Gasteiger partial charge in [0.05, 0.1) is 0 Å². The fourth-order valence-corrected chi connectivity index (χ4v) is 4.13. The van der Waals surface area contributed by atoms with Crippen LogP contribution in [0.3, 0.4) is 0 Å². The quantitative estimate of drug-likeness (QED) is 0.816. The van der Waals surface area contributed by atoms with E-state index in [2.05, 4.69) is 47.7 Å². The highest BCUT2D eigenvalue weighted by Gasteiger charge is 2.57. The standard InChI is InChI=1S/C19H25N3O/c1-12-13(2)22-17-4-3-14(9-15(12)17)11-21-18(23)16-10-19(16)5-7-20-8-6-19/h3-4,9,16,20,22H,5-8,10-11H2,1-2H3,(H,21,23). The zero-order valence-corrected chi connectivity index (χ0v) is 14.0. The molecule has 2 aliphatic rings. The second-order valence-electron chi connectivity index (χ2n) is 7.34. The molecule has 4 rings (SSSR count). The minimum atomic E-state index is 0.240. The van der Waals surface area contributed by atoms with Crippen molar-refractivity contribution in [3.8, 4) is 0 Å². The van der Waals surface area contributed by atoms with E-state index in [-0.39, 0.29) is 11.8 Å². The first-order valence-electron chi connectivity index (χ1n) is 8.65. The van der Waals surface area contributed by atoms with Crippen LogP contribution in [0.5, 0.6) is 0 Å². The van der Waals surface area contributed by atoms with Crippen LogP contribution in [0.15, 0.2) is 18.2 Å². The van der Waals surface area contributed by atoms with E-state index in [0.717, 1.165) is 32.4 Å². The molecule has 1 unspecified atom stereocenters. The summed E-state index contributed by atoms with van der Waals surface area (Å²) in [4.78, 5) is 15.8. The number of nitrogens with one attached hydrogen (secondary N) is 3. The first-order valence-corrected chi connectivity index (χ1v) is 8.65. The van der Waals surface area contributed by atoms with Crippen LogP contribution in [0.2, 0.25) is 0 Å². The van der Waals surface area contributed by atoms with Gasteiger partial charge in [-0.3, -0.25) is 4.79 Å². The van der Waals surface area contributed by atoms with Crippen LogP contribution >= 0.6 is 0 Å². The maximum atomic E-state index is 12.4. The summed E-state index contributed by atoms with van der Waals surface area (Å²) in [5, 5.41) is 7.80. The van der Waals surface area contributed by atoms with Crippen molar-refractivity contribution < 1.29 is 4.79 Å². The number of amides is 1. The van der Waals surface area contributed by atoms with Crippen molar-refractivity contribution in [3.63, 3.8) is 0 Å². The molecule has 3 N–H and O–H groups in total. The molecule has 1 atom stereocenters. The van der Waals surface area contributed by atoms with E-state index < -0.39 is 0 Å². The van der Waals surface area contributed by atoms with Gasteiger partial charge in [0.1, 0.15) is 0 Å². The summed E-state index contributed by atoms with van der Waals surface area (Å²) in [5.41, 5.74) is 5.17. The van der Waals surface area contributed by atoms with Crippen LogP contribution in [-0.2, 0) is 11.3 Å². The summed E-state index contributed by atoms with van der Waals surface area (Å²) in [6.45, 7) is 6.99. The Morgan fingerprint density at radius 3 is 2.87 bits per heavy atom. The fourth-order valence-electron chi connectivity index (χ4n) is 4.13. The van der Waals surface area contributed by atoms with Gasteiger partial charge in [-0.25, -0.2) is 0 Å². The number of aromatic nitrogens is 1. The van der Waals surface area contributed by atoms with E-state index >= 15 is 0 Å². The van der Waals surface area contributed by atoms with E-state index in [9.17, 15) is 4.79 Å². The predicted octanol–water partition coefficient (Wildman–Crippen LogP) is 2.79. The highest BCUT2D eigenvalue weighted by molar-refractivity contribution is 5.85. The van der Waals surface area contributed by atoms with E-state index in [1.54, 1.807) is 0 Å². The van der Waals surface area contributed by atoms with Crippen LogP contribution in [0.1, 0.15) is 36.1 Å². The summed E-state index contributed by atoms with van der Waals surface area (Å²) < 4.78 is 0. The predicted molar refractivity (Wildman–Crippen MR) is 92.3 cm³/mol. The number of rotatable bonds is 3. The summed E-state index contributed by atoms with van der Waals surface area (Å²) in [5.74, 6) is 0.485. The smallest absolute Gasteiger partial charge is 0.223 e. The van der Waals surface area contributed by atoms with Gasteiger partial charge in [0.15, 0.2) is 0 Å². The Morgan fingerprint density at radius 2 is 2.09 bits per heavy atom. The molecule has 23 heavy (non-hydrogen) atoms. The molecule has 4 heteroatoms. The van der Waals surface area contributed by atoms with Crippen molar-refractivity contribution >= 4 is 16.8 Å². The average Bonchev–Trinajstić information content (AvgIpc) is 3.18. The van der Waals surface area contributed by atoms with Gasteiger partial charge in [-0.2, -0.15) is 0 Å². The van der Waals surface area contributed by atoms with Gasteiger partial charge in [-0.15, -0.1) is 0 Å². The summed E-state index contributed by atoms with van der Waals surface area (Å²) in [6, 6.07) is 6.41. The molecule has 1 aromatic carbocycles. The van der Waals surface area contributed by atoms with Crippen molar-refractivity contribution in [2.75, 3.05) is 13.1 Å². The fraction of sp³-hybridized carbons (Fsp3) is 0.526. The van der Waals surface area contributed by atoms with Gasteiger partial charge in [0.2, 0.25) is 5.91 Å². The Kier molecular flexibility index (Phi) is 3.45. The molecule has 1 saturated carbocycles. The number of hydrogen-bond acceptors (Lipinski definition) is 2. The molecular weight excluding hydrogens is 286 g/mol. The van der Waals surface area contributed by atoms with E-state index in [4.69, 9.17) is 0 Å². The molecule has 2 fully saturated rings. The zero-order chi connectivity index (χ0) is 16.0. The van der Waals surface area contributed by atoms with Crippen LogP contribution in [0, 0.1) is 25.2 Å². The van der Waals surface area contributed by atoms with E-state index in [1.165, 1.54) is 27.7 Å². The minimum absolute atomic E-state index is 0.240. The lowest BCUT2D eigenvalue weighted by Crippen LogP contribution is -2.33. The molecule has 1 aliphatic carbocycles. The summed E-state index contributed by atoms with van der Waals surface area (Å²) in [7, 11) is 0. The third-order valence-electron chi connectivity index (χ3n) is 5.94. The lowest BCUT2D eigenvalue weighted by atomic mass is 9.92. The largest absolute Gasteiger partial charge is 0.358 e. The number of H-pyrrole nitrogens is 1. The molecule has 1 aromatic heterocycles. The maximum absolute atomic E-state index is 12.4. The molecule has 0 radical (unpaired) electrons. The highest BCUT2D eigenvalue weighted by Crippen LogP contribution is 2.58. The Labute approximate surface area is 137 Å². The van der Waals surface area contributed by atoms with Gasteiger partial charge >= 0.3 is 0 Å². The molecule has 1 saturated heterocycles. The van der Waals surface area contributed by atoms with E-state index in [0.29, 0.717) is 12.0 Å². The van der Waals surface area contributed by atoms with Crippen LogP contribution in [0.25, 0.3) is 10.9 Å². The van der Waals surface area contributed by atoms with Crippen molar-refractivity contribution in [3.05, 3.63) is 35.0 Å². The monoisotopic (exact) mass is 311 g/mol. The third-order valence-corrected chi connectivity index (χ3v) is 5.94. The lowest BCUT2D eigenvalue weighted by molar-refractivity contribution is -0.123. The van der Waals surface area contributed by atoms with Crippen LogP contribution in [-0.4, -0.2) is 24.0 Å². The Hall–Kier alpha value is -1.81. The number of piperidine rings is 1. The maximum Gasteiger partial charge on any atom is 0.223 e. The Morgan fingerprint density at radius 1 is 1.30 bits per heavy atom. The third kappa shape index (κ3) is 2.55. The van der Waals surface area contributed by atoms with Crippen molar-refractivity contribution in [1.29, 1.82) is 0 Å². The van der Waals surface area contributed by atoms with Crippen molar-refractivity contribution in [2.45, 2.75) is 39.7 Å². The lowest BCUT2D eigenvalue weighted by Gasteiger charge is -2.23. The number of benzene rings is 1. The first kappa shape index (κ1) is 14.8. The zero-order valence-electron chi connectivity index (χ0n) is 14.0. The highest BCUT2D eigenvalue weighted by atomic mass is 16.2. The van der Waals surface area contributed by atoms with Gasteiger partial charge in [-0.1, -0.05) is 6.07 Å². The minimum Gasteiger partial charge on any atom is -0.358 e. The SMILES string of the molecule is Cc1[nH]c2ccc(CNC(=O)C3CC34CCNCC4)cc2c1C. The first-order chi connectivity index (χ1) is 11.1. The van der Waals surface area contributed by atoms with Crippen molar-refractivity contribution in [2.24, 2.45) is 11.3 Å². The summed E-state index contributed by atoms with van der Waals surface area (Å²) in [6.07, 6.45) is 3.38. The van der Waals surface area contributed by atoms with Crippen LogP contribution < -0.4 is 10.6 Å². The molecule has 2 heterocycles. The average molecular weight is 311 g/mol. The van der Waals surface area contributed by atoms with Gasteiger partial charge in [0.25, 0.3) is 0 Å². The van der Waals surface area contributed by atoms with Gasteiger partial charge < -0.3 is 15.6 Å². The van der Waals surface area contributed by atoms with E-state index in [1.807, 2.05) is 0 Å². The molecule has 1 aliphatic heterocycles. The Balaban J connectivity index is 1.41. The molecule has 122 valence electrons. The topological polar surface area (TPSA) is 56.9 Å². The second kappa shape index (κ2) is 5.38. The number of carbonyl (C=O) groups is 1. The summed E-state index contributed by atoms with van der Waals surface area (Å²) >= 11 is 0. The van der Waals surface area contributed by atoms with Crippen LogP contribution in [0.4, 0.5) is 0 Å². The molecule has 0 bridgehead atoms. The number of aryl methyl sites for hydroxylation is 2. The number of aromatic amines is 1. The number of fused-ring (bicyclic) bond motifs is 1.